The number of aryl methyl sites for hydroxylation is 1. The van der Waals surface area contributed by atoms with E-state index < -0.39 is 18.0 Å². The average molecular weight is 315 g/mol. The Morgan fingerprint density at radius 1 is 1.44 bits per heavy atom. The van der Waals surface area contributed by atoms with Gasteiger partial charge in [-0.15, -0.1) is 0 Å². The molecule has 0 aliphatic heterocycles. The van der Waals surface area contributed by atoms with Gasteiger partial charge in [-0.25, -0.2) is 4.79 Å². The van der Waals surface area contributed by atoms with Crippen LogP contribution in [0.3, 0.4) is 0 Å². The first-order valence-corrected chi connectivity index (χ1v) is 6.24. The SMILES string of the molecule is Cc1cccc(NC(=O)NC(C)CC(=O)O)c1Br. The Balaban J connectivity index is 2.59. The monoisotopic (exact) mass is 314 g/mol. The minimum atomic E-state index is -0.945. The number of hydrogen-bond donors (Lipinski definition) is 3. The number of halogens is 1. The highest BCUT2D eigenvalue weighted by Crippen LogP contribution is 2.25. The Hall–Kier alpha value is -1.56. The zero-order valence-corrected chi connectivity index (χ0v) is 11.7. The minimum Gasteiger partial charge on any atom is -0.481 e. The summed E-state index contributed by atoms with van der Waals surface area (Å²) in [6.45, 7) is 3.55. The summed E-state index contributed by atoms with van der Waals surface area (Å²) in [5, 5.41) is 13.8. The van der Waals surface area contributed by atoms with E-state index in [9.17, 15) is 9.59 Å². The van der Waals surface area contributed by atoms with E-state index in [-0.39, 0.29) is 6.42 Å². The number of hydrogen-bond acceptors (Lipinski definition) is 2. The van der Waals surface area contributed by atoms with E-state index >= 15 is 0 Å². The molecule has 6 heteroatoms. The molecule has 0 fully saturated rings. The van der Waals surface area contributed by atoms with E-state index in [0.29, 0.717) is 5.69 Å². The minimum absolute atomic E-state index is 0.109. The van der Waals surface area contributed by atoms with Crippen LogP contribution in [0, 0.1) is 6.92 Å². The Morgan fingerprint density at radius 2 is 2.11 bits per heavy atom. The molecule has 2 amide bonds. The molecule has 1 rings (SSSR count). The fraction of sp³-hybridized carbons (Fsp3) is 0.333. The van der Waals surface area contributed by atoms with Crippen molar-refractivity contribution < 1.29 is 14.7 Å². The van der Waals surface area contributed by atoms with Crippen LogP contribution in [0.2, 0.25) is 0 Å². The van der Waals surface area contributed by atoms with Crippen molar-refractivity contribution in [2.75, 3.05) is 5.32 Å². The smallest absolute Gasteiger partial charge is 0.319 e. The molecular weight excluding hydrogens is 300 g/mol. The van der Waals surface area contributed by atoms with Crippen molar-refractivity contribution in [3.63, 3.8) is 0 Å². The second-order valence-electron chi connectivity index (χ2n) is 4.03. The zero-order chi connectivity index (χ0) is 13.7. The van der Waals surface area contributed by atoms with Crippen LogP contribution in [-0.2, 0) is 4.79 Å². The van der Waals surface area contributed by atoms with Crippen molar-refractivity contribution >= 4 is 33.6 Å². The summed E-state index contributed by atoms with van der Waals surface area (Å²) in [6, 6.07) is 4.66. The lowest BCUT2D eigenvalue weighted by molar-refractivity contribution is -0.137. The molecule has 0 heterocycles. The van der Waals surface area contributed by atoms with Crippen LogP contribution < -0.4 is 10.6 Å². The number of benzene rings is 1. The normalized spacial score (nSPS) is 11.7. The number of carboxylic acids is 1. The molecule has 1 atom stereocenters. The van der Waals surface area contributed by atoms with Gasteiger partial charge in [0.05, 0.1) is 12.1 Å². The standard InChI is InChI=1S/C12H15BrN2O3/c1-7-4-3-5-9(11(7)13)15-12(18)14-8(2)6-10(16)17/h3-5,8H,6H2,1-2H3,(H,16,17)(H2,14,15,18). The van der Waals surface area contributed by atoms with Crippen LogP contribution in [0.15, 0.2) is 22.7 Å². The number of urea groups is 1. The summed E-state index contributed by atoms with van der Waals surface area (Å²) in [6.07, 6.45) is -0.109. The quantitative estimate of drug-likeness (QED) is 0.799. The van der Waals surface area contributed by atoms with Gasteiger partial charge >= 0.3 is 12.0 Å². The van der Waals surface area contributed by atoms with Crippen LogP contribution in [0.1, 0.15) is 18.9 Å². The molecule has 0 saturated carbocycles. The van der Waals surface area contributed by atoms with E-state index in [2.05, 4.69) is 26.6 Å². The van der Waals surface area contributed by atoms with E-state index in [1.165, 1.54) is 0 Å². The summed E-state index contributed by atoms with van der Waals surface area (Å²) in [7, 11) is 0. The third-order valence-corrected chi connectivity index (χ3v) is 3.35. The number of amides is 2. The van der Waals surface area contributed by atoms with Gasteiger partial charge in [0.2, 0.25) is 0 Å². The van der Waals surface area contributed by atoms with Crippen molar-refractivity contribution in [2.24, 2.45) is 0 Å². The second-order valence-corrected chi connectivity index (χ2v) is 4.83. The van der Waals surface area contributed by atoms with Crippen molar-refractivity contribution in [3.8, 4) is 0 Å². The van der Waals surface area contributed by atoms with Crippen LogP contribution in [-0.4, -0.2) is 23.1 Å². The largest absolute Gasteiger partial charge is 0.481 e. The van der Waals surface area contributed by atoms with Crippen molar-refractivity contribution in [1.29, 1.82) is 0 Å². The molecule has 0 aromatic heterocycles. The maximum Gasteiger partial charge on any atom is 0.319 e. The second kappa shape index (κ2) is 6.39. The van der Waals surface area contributed by atoms with Crippen molar-refractivity contribution in [3.05, 3.63) is 28.2 Å². The predicted molar refractivity (Wildman–Crippen MR) is 72.7 cm³/mol. The molecule has 0 bridgehead atoms. The van der Waals surface area contributed by atoms with Gasteiger partial charge in [0.25, 0.3) is 0 Å². The lowest BCUT2D eigenvalue weighted by Gasteiger charge is -2.14. The third kappa shape index (κ3) is 4.37. The van der Waals surface area contributed by atoms with Gasteiger partial charge in [-0.1, -0.05) is 12.1 Å². The molecule has 18 heavy (non-hydrogen) atoms. The van der Waals surface area contributed by atoms with Gasteiger partial charge in [0.1, 0.15) is 0 Å². The number of carboxylic acid groups (broad SMARTS) is 1. The number of nitrogens with one attached hydrogen (secondary N) is 2. The van der Waals surface area contributed by atoms with E-state index in [0.717, 1.165) is 10.0 Å². The Morgan fingerprint density at radius 3 is 2.72 bits per heavy atom. The lowest BCUT2D eigenvalue weighted by Crippen LogP contribution is -2.37. The van der Waals surface area contributed by atoms with Gasteiger partial charge < -0.3 is 15.7 Å². The Labute approximate surface area is 114 Å². The van der Waals surface area contributed by atoms with Gasteiger partial charge in [-0.2, -0.15) is 0 Å². The molecule has 0 saturated heterocycles. The fourth-order valence-electron chi connectivity index (χ4n) is 1.44. The van der Waals surface area contributed by atoms with Gasteiger partial charge in [0, 0.05) is 10.5 Å². The van der Waals surface area contributed by atoms with Crippen LogP contribution in [0.5, 0.6) is 0 Å². The molecule has 0 spiro atoms. The van der Waals surface area contributed by atoms with E-state index in [4.69, 9.17) is 5.11 Å². The highest BCUT2D eigenvalue weighted by molar-refractivity contribution is 9.10. The first-order valence-electron chi connectivity index (χ1n) is 5.44. The number of aliphatic carboxylic acids is 1. The molecule has 1 aromatic carbocycles. The summed E-state index contributed by atoms with van der Waals surface area (Å²) in [4.78, 5) is 22.1. The molecule has 5 nitrogen and oxygen atoms in total. The predicted octanol–water partition coefficient (Wildman–Crippen LogP) is 2.74. The first-order chi connectivity index (χ1) is 8.40. The highest BCUT2D eigenvalue weighted by Gasteiger charge is 2.12. The highest BCUT2D eigenvalue weighted by atomic mass is 79.9. The van der Waals surface area contributed by atoms with Crippen LogP contribution >= 0.6 is 15.9 Å². The molecule has 0 aliphatic carbocycles. The summed E-state index contributed by atoms with van der Waals surface area (Å²) >= 11 is 3.38. The van der Waals surface area contributed by atoms with Gasteiger partial charge in [-0.3, -0.25) is 4.79 Å². The fourth-order valence-corrected chi connectivity index (χ4v) is 1.80. The maximum absolute atomic E-state index is 11.6. The van der Waals surface area contributed by atoms with E-state index in [1.807, 2.05) is 19.1 Å². The lowest BCUT2D eigenvalue weighted by atomic mass is 10.2. The zero-order valence-electron chi connectivity index (χ0n) is 10.2. The van der Waals surface area contributed by atoms with Crippen LogP contribution in [0.4, 0.5) is 10.5 Å². The maximum atomic E-state index is 11.6. The number of carbonyl (C=O) groups excluding carboxylic acids is 1. The number of anilines is 1. The first kappa shape index (κ1) is 14.5. The van der Waals surface area contributed by atoms with Gasteiger partial charge in [-0.05, 0) is 41.4 Å². The molecule has 0 radical (unpaired) electrons. The molecule has 0 aliphatic rings. The number of carbonyl (C=O) groups is 2. The summed E-state index contributed by atoms with van der Waals surface area (Å²) in [5.41, 5.74) is 1.65. The third-order valence-electron chi connectivity index (χ3n) is 2.30. The van der Waals surface area contributed by atoms with E-state index in [1.54, 1.807) is 13.0 Å². The van der Waals surface area contributed by atoms with Crippen molar-refractivity contribution in [1.82, 2.24) is 5.32 Å². The van der Waals surface area contributed by atoms with Crippen molar-refractivity contribution in [2.45, 2.75) is 26.3 Å². The van der Waals surface area contributed by atoms with Crippen LogP contribution in [0.25, 0.3) is 0 Å². The molecule has 3 N–H and O–H groups in total. The Bertz CT molecular complexity index is 463. The average Bonchev–Trinajstić information content (AvgIpc) is 2.23. The molecule has 1 unspecified atom stereocenters. The molecule has 98 valence electrons. The topological polar surface area (TPSA) is 78.4 Å². The molecule has 1 aromatic rings. The summed E-state index contributed by atoms with van der Waals surface area (Å²) < 4.78 is 0.811. The molecular formula is C12H15BrN2O3. The summed E-state index contributed by atoms with van der Waals surface area (Å²) in [5.74, 6) is -0.945. The Kier molecular flexibility index (Phi) is 5.15. The number of rotatable bonds is 4. The van der Waals surface area contributed by atoms with Gasteiger partial charge in [0.15, 0.2) is 0 Å².